The van der Waals surface area contributed by atoms with Gasteiger partial charge in [-0.2, -0.15) is 0 Å². The zero-order valence-corrected chi connectivity index (χ0v) is 15.3. The predicted molar refractivity (Wildman–Crippen MR) is 96.5 cm³/mol. The molecule has 1 aliphatic carbocycles. The number of rotatable bonds is 4. The molecule has 1 saturated heterocycles. The van der Waals surface area contributed by atoms with Crippen LogP contribution in [0.4, 0.5) is 10.5 Å². The number of carbonyl (C=O) groups is 1. The first kappa shape index (κ1) is 17.9. The van der Waals surface area contributed by atoms with Gasteiger partial charge in [-0.25, -0.2) is 4.79 Å². The van der Waals surface area contributed by atoms with Crippen LogP contribution in [0.25, 0.3) is 0 Å². The van der Waals surface area contributed by atoms with E-state index < -0.39 is 0 Å². The Kier molecular flexibility index (Phi) is 5.37. The summed E-state index contributed by atoms with van der Waals surface area (Å²) in [6.45, 7) is 6.69. The lowest BCUT2D eigenvalue weighted by molar-refractivity contribution is 0.0130. The smallest absolute Gasteiger partial charge is 0.321 e. The van der Waals surface area contributed by atoms with Crippen LogP contribution in [0.2, 0.25) is 0 Å². The molecule has 2 amide bonds. The molecule has 6 heteroatoms. The quantitative estimate of drug-likeness (QED) is 0.904. The lowest BCUT2D eigenvalue weighted by Gasteiger charge is -2.42. The third-order valence-electron chi connectivity index (χ3n) is 4.92. The number of nitrogens with one attached hydrogen (secondary N) is 1. The van der Waals surface area contributed by atoms with E-state index in [1.807, 2.05) is 30.9 Å². The largest absolute Gasteiger partial charge is 0.493 e. The van der Waals surface area contributed by atoms with E-state index in [2.05, 4.69) is 5.32 Å². The normalized spacial score (nSPS) is 19.3. The number of carbonyl (C=O) groups excluding carboxylic acids is 1. The molecule has 25 heavy (non-hydrogen) atoms. The van der Waals surface area contributed by atoms with Crippen molar-refractivity contribution >= 4 is 11.7 Å². The van der Waals surface area contributed by atoms with Gasteiger partial charge in [0.25, 0.3) is 0 Å². The molecule has 0 radical (unpaired) electrons. The maximum Gasteiger partial charge on any atom is 0.321 e. The van der Waals surface area contributed by atoms with Crippen molar-refractivity contribution in [2.24, 2.45) is 5.41 Å². The second kappa shape index (κ2) is 7.52. The van der Waals surface area contributed by atoms with E-state index in [1.165, 1.54) is 6.42 Å². The van der Waals surface area contributed by atoms with Crippen LogP contribution in [0.1, 0.15) is 33.1 Å². The molecule has 1 N–H and O–H groups in total. The molecule has 1 aromatic carbocycles. The van der Waals surface area contributed by atoms with Crippen LogP contribution in [-0.2, 0) is 4.74 Å². The Balaban J connectivity index is 1.67. The first-order valence-electron chi connectivity index (χ1n) is 9.00. The predicted octanol–water partition coefficient (Wildman–Crippen LogP) is 3.52. The molecule has 3 rings (SSSR count). The summed E-state index contributed by atoms with van der Waals surface area (Å²) in [6.07, 6.45) is 3.58. The third-order valence-corrected chi connectivity index (χ3v) is 4.92. The van der Waals surface area contributed by atoms with Gasteiger partial charge in [0, 0.05) is 30.3 Å². The fourth-order valence-corrected chi connectivity index (χ4v) is 3.44. The van der Waals surface area contributed by atoms with Crippen molar-refractivity contribution in [3.05, 3.63) is 18.2 Å². The van der Waals surface area contributed by atoms with Crippen LogP contribution in [0, 0.1) is 5.41 Å². The summed E-state index contributed by atoms with van der Waals surface area (Å²) >= 11 is 0. The Bertz CT molecular complexity index is 613. The molecule has 0 bridgehead atoms. The average Bonchev–Trinajstić information content (AvgIpc) is 2.79. The fraction of sp³-hybridized carbons (Fsp3) is 0.632. The molecular weight excluding hydrogens is 320 g/mol. The van der Waals surface area contributed by atoms with E-state index in [-0.39, 0.29) is 17.6 Å². The molecule has 0 atom stereocenters. The summed E-state index contributed by atoms with van der Waals surface area (Å²) < 4.78 is 16.8. The van der Waals surface area contributed by atoms with Crippen LogP contribution < -0.4 is 14.8 Å². The van der Waals surface area contributed by atoms with Gasteiger partial charge in [-0.3, -0.25) is 0 Å². The van der Waals surface area contributed by atoms with Gasteiger partial charge < -0.3 is 24.4 Å². The summed E-state index contributed by atoms with van der Waals surface area (Å²) in [4.78, 5) is 14.6. The Morgan fingerprint density at radius 1 is 1.32 bits per heavy atom. The summed E-state index contributed by atoms with van der Waals surface area (Å²) in [5.74, 6) is 1.29. The van der Waals surface area contributed by atoms with Gasteiger partial charge >= 0.3 is 6.03 Å². The molecule has 0 aromatic heterocycles. The van der Waals surface area contributed by atoms with E-state index in [0.29, 0.717) is 30.3 Å². The molecule has 2 fully saturated rings. The maximum absolute atomic E-state index is 12.7. The van der Waals surface area contributed by atoms with Gasteiger partial charge in [0.15, 0.2) is 11.5 Å². The van der Waals surface area contributed by atoms with Gasteiger partial charge in [0.2, 0.25) is 0 Å². The van der Waals surface area contributed by atoms with Crippen LogP contribution in [-0.4, -0.2) is 50.4 Å². The highest BCUT2D eigenvalue weighted by Gasteiger charge is 2.41. The molecule has 1 spiro atoms. The number of urea groups is 1. The lowest BCUT2D eigenvalue weighted by atomic mass is 9.69. The van der Waals surface area contributed by atoms with Gasteiger partial charge in [-0.15, -0.1) is 0 Å². The molecule has 138 valence electrons. The Morgan fingerprint density at radius 2 is 2.12 bits per heavy atom. The van der Waals surface area contributed by atoms with Crippen molar-refractivity contribution < 1.29 is 19.0 Å². The second-order valence-electron chi connectivity index (χ2n) is 7.29. The minimum atomic E-state index is -0.0867. The molecule has 6 nitrogen and oxygen atoms in total. The van der Waals surface area contributed by atoms with Crippen molar-refractivity contribution in [2.45, 2.75) is 39.2 Å². The topological polar surface area (TPSA) is 60.0 Å². The Hall–Kier alpha value is -1.95. The van der Waals surface area contributed by atoms with Crippen molar-refractivity contribution in [1.29, 1.82) is 0 Å². The van der Waals surface area contributed by atoms with Gasteiger partial charge in [-0.1, -0.05) is 6.42 Å². The standard InChI is InChI=1S/C19H28N2O4/c1-14(2)25-16-6-5-15(11-17(16)23-3)20-18(22)21-9-10-24-13-19(12-21)7-4-8-19/h5-6,11,14H,4,7-10,12-13H2,1-3H3,(H,20,22). The van der Waals surface area contributed by atoms with Crippen molar-refractivity contribution in [3.8, 4) is 11.5 Å². The summed E-state index contributed by atoms with van der Waals surface area (Å²) in [5, 5.41) is 2.98. The number of methoxy groups -OCH3 is 1. The molecule has 2 aliphatic rings. The van der Waals surface area contributed by atoms with Crippen LogP contribution in [0.5, 0.6) is 11.5 Å². The van der Waals surface area contributed by atoms with Gasteiger partial charge in [0.1, 0.15) is 0 Å². The van der Waals surface area contributed by atoms with Crippen LogP contribution in [0.3, 0.4) is 0 Å². The summed E-state index contributed by atoms with van der Waals surface area (Å²) in [6, 6.07) is 5.37. The average molecular weight is 348 g/mol. The first-order valence-corrected chi connectivity index (χ1v) is 9.00. The SMILES string of the molecule is COc1cc(NC(=O)N2CCOCC3(CCC3)C2)ccc1OC(C)C. The highest BCUT2D eigenvalue weighted by Crippen LogP contribution is 2.42. The molecular formula is C19H28N2O4. The monoisotopic (exact) mass is 348 g/mol. The van der Waals surface area contributed by atoms with Crippen molar-refractivity contribution in [3.63, 3.8) is 0 Å². The number of hydrogen-bond donors (Lipinski definition) is 1. The zero-order chi connectivity index (χ0) is 17.9. The Morgan fingerprint density at radius 3 is 2.76 bits per heavy atom. The highest BCUT2D eigenvalue weighted by atomic mass is 16.5. The van der Waals surface area contributed by atoms with E-state index in [4.69, 9.17) is 14.2 Å². The fourth-order valence-electron chi connectivity index (χ4n) is 3.44. The van der Waals surface area contributed by atoms with Crippen molar-refractivity contribution in [2.75, 3.05) is 38.7 Å². The number of benzene rings is 1. The maximum atomic E-state index is 12.7. The van der Waals surface area contributed by atoms with E-state index >= 15 is 0 Å². The molecule has 0 unspecified atom stereocenters. The van der Waals surface area contributed by atoms with Crippen LogP contribution >= 0.6 is 0 Å². The highest BCUT2D eigenvalue weighted by molar-refractivity contribution is 5.89. The van der Waals surface area contributed by atoms with Gasteiger partial charge in [-0.05, 0) is 38.8 Å². The third kappa shape index (κ3) is 4.18. The Labute approximate surface area is 149 Å². The molecule has 1 heterocycles. The molecule has 1 aromatic rings. The van der Waals surface area contributed by atoms with E-state index in [1.54, 1.807) is 13.2 Å². The number of nitrogens with zero attached hydrogens (tertiary/aromatic N) is 1. The van der Waals surface area contributed by atoms with Gasteiger partial charge in [0.05, 0.1) is 26.4 Å². The van der Waals surface area contributed by atoms with Crippen molar-refractivity contribution in [1.82, 2.24) is 4.90 Å². The van der Waals surface area contributed by atoms with E-state index in [0.717, 1.165) is 26.0 Å². The summed E-state index contributed by atoms with van der Waals surface area (Å²) in [7, 11) is 1.60. The van der Waals surface area contributed by atoms with E-state index in [9.17, 15) is 4.79 Å². The minimum Gasteiger partial charge on any atom is -0.493 e. The second-order valence-corrected chi connectivity index (χ2v) is 7.29. The number of amides is 2. The summed E-state index contributed by atoms with van der Waals surface area (Å²) in [5.41, 5.74) is 0.867. The molecule has 1 saturated carbocycles. The lowest BCUT2D eigenvalue weighted by Crippen LogP contribution is -2.46. The molecule has 1 aliphatic heterocycles. The zero-order valence-electron chi connectivity index (χ0n) is 15.3. The minimum absolute atomic E-state index is 0.0603. The number of hydrogen-bond acceptors (Lipinski definition) is 4. The van der Waals surface area contributed by atoms with Crippen LogP contribution in [0.15, 0.2) is 18.2 Å². The number of anilines is 1. The first-order chi connectivity index (χ1) is 12.0. The number of ether oxygens (including phenoxy) is 3.